The van der Waals surface area contributed by atoms with E-state index in [0.717, 1.165) is 41.3 Å². The van der Waals surface area contributed by atoms with E-state index in [-0.39, 0.29) is 17.7 Å². The lowest BCUT2D eigenvalue weighted by atomic mass is 9.94. The molecular formula is C25H28N6O2. The van der Waals surface area contributed by atoms with Crippen LogP contribution in [0.25, 0.3) is 0 Å². The number of carbonyl (C=O) groups is 2. The number of aromatic nitrogens is 4. The van der Waals surface area contributed by atoms with Gasteiger partial charge in [0.2, 0.25) is 5.91 Å². The largest absolute Gasteiger partial charge is 0.337 e. The summed E-state index contributed by atoms with van der Waals surface area (Å²) in [7, 11) is 0. The molecule has 0 unspecified atom stereocenters. The van der Waals surface area contributed by atoms with Crippen molar-refractivity contribution in [1.29, 1.82) is 0 Å². The van der Waals surface area contributed by atoms with Gasteiger partial charge in [0, 0.05) is 42.9 Å². The van der Waals surface area contributed by atoms with Crippen molar-refractivity contribution in [2.75, 3.05) is 18.0 Å². The van der Waals surface area contributed by atoms with Crippen LogP contribution >= 0.6 is 0 Å². The van der Waals surface area contributed by atoms with Gasteiger partial charge in [0.1, 0.15) is 17.3 Å². The van der Waals surface area contributed by atoms with Crippen LogP contribution in [0.2, 0.25) is 0 Å². The van der Waals surface area contributed by atoms with Gasteiger partial charge >= 0.3 is 0 Å². The number of anilines is 1. The number of H-pyrrole nitrogens is 1. The van der Waals surface area contributed by atoms with Gasteiger partial charge in [-0.2, -0.15) is 5.10 Å². The molecule has 0 spiro atoms. The van der Waals surface area contributed by atoms with Crippen LogP contribution in [0.4, 0.5) is 5.82 Å². The Balaban J connectivity index is 1.36. The molecule has 2 aliphatic rings. The highest BCUT2D eigenvalue weighted by molar-refractivity contribution is 5.95. The summed E-state index contributed by atoms with van der Waals surface area (Å²) in [5.41, 5.74) is 4.82. The first kappa shape index (κ1) is 21.3. The lowest BCUT2D eigenvalue weighted by Crippen LogP contribution is -2.39. The molecule has 33 heavy (non-hydrogen) atoms. The van der Waals surface area contributed by atoms with E-state index >= 15 is 0 Å². The third-order valence-corrected chi connectivity index (χ3v) is 6.69. The maximum Gasteiger partial charge on any atom is 0.271 e. The maximum absolute atomic E-state index is 12.9. The number of fused-ring (bicyclic) bond motifs is 1. The zero-order valence-corrected chi connectivity index (χ0v) is 19.0. The monoisotopic (exact) mass is 444 g/mol. The molecule has 1 aromatic carbocycles. The SMILES string of the molecule is Cc1ccc(CN2C(=O)CCc3c(C)nc(C4CCN(C(=O)c5ccn[nH]5)CC4)nc32)cc1. The van der Waals surface area contributed by atoms with Crippen LogP contribution in [-0.2, 0) is 17.8 Å². The predicted molar refractivity (Wildman–Crippen MR) is 124 cm³/mol. The number of hydrogen-bond donors (Lipinski definition) is 1. The fourth-order valence-corrected chi connectivity index (χ4v) is 4.71. The fraction of sp³-hybridized carbons (Fsp3) is 0.400. The van der Waals surface area contributed by atoms with E-state index in [1.54, 1.807) is 12.3 Å². The summed E-state index contributed by atoms with van der Waals surface area (Å²) in [5.74, 6) is 1.78. The topological polar surface area (TPSA) is 95.1 Å². The molecule has 2 amide bonds. The van der Waals surface area contributed by atoms with Crippen molar-refractivity contribution in [3.05, 3.63) is 70.4 Å². The zero-order valence-electron chi connectivity index (χ0n) is 19.0. The van der Waals surface area contributed by atoms with Gasteiger partial charge in [0.15, 0.2) is 0 Å². The standard InChI is InChI=1S/C25H28N6O2/c1-16-3-5-18(6-4-16)15-31-22(32)8-7-20-17(2)27-23(28-24(20)31)19-10-13-30(14-11-19)25(33)21-9-12-26-29-21/h3-6,9,12,19H,7-8,10-11,13-15H2,1-2H3,(H,26,29). The highest BCUT2D eigenvalue weighted by atomic mass is 16.2. The second kappa shape index (κ2) is 8.77. The number of carbonyl (C=O) groups excluding carboxylic acids is 2. The van der Waals surface area contributed by atoms with E-state index in [1.165, 1.54) is 5.56 Å². The molecule has 2 aromatic heterocycles. The molecule has 8 heteroatoms. The molecular weight excluding hydrogens is 416 g/mol. The van der Waals surface area contributed by atoms with Gasteiger partial charge in [-0.25, -0.2) is 9.97 Å². The molecule has 8 nitrogen and oxygen atoms in total. The lowest BCUT2D eigenvalue weighted by molar-refractivity contribution is -0.119. The van der Waals surface area contributed by atoms with Crippen molar-refractivity contribution < 1.29 is 9.59 Å². The summed E-state index contributed by atoms with van der Waals surface area (Å²) in [6, 6.07) is 9.97. The molecule has 0 aliphatic carbocycles. The fourth-order valence-electron chi connectivity index (χ4n) is 4.71. The third kappa shape index (κ3) is 4.25. The lowest BCUT2D eigenvalue weighted by Gasteiger charge is -2.33. The highest BCUT2D eigenvalue weighted by Gasteiger charge is 2.31. The summed E-state index contributed by atoms with van der Waals surface area (Å²) in [6.07, 6.45) is 4.35. The maximum atomic E-state index is 12.9. The van der Waals surface area contributed by atoms with Gasteiger partial charge in [0.05, 0.1) is 6.54 Å². The quantitative estimate of drug-likeness (QED) is 0.666. The Bertz CT molecular complexity index is 1160. The summed E-state index contributed by atoms with van der Waals surface area (Å²) >= 11 is 0. The number of likely N-dealkylation sites (tertiary alicyclic amines) is 1. The molecule has 1 N–H and O–H groups in total. The van der Waals surface area contributed by atoms with E-state index in [0.29, 0.717) is 38.2 Å². The van der Waals surface area contributed by atoms with Crippen molar-refractivity contribution >= 4 is 17.6 Å². The number of piperidine rings is 1. The Morgan fingerprint density at radius 1 is 1.06 bits per heavy atom. The van der Waals surface area contributed by atoms with Gasteiger partial charge in [-0.3, -0.25) is 19.6 Å². The smallest absolute Gasteiger partial charge is 0.271 e. The minimum absolute atomic E-state index is 0.0247. The van der Waals surface area contributed by atoms with Gasteiger partial charge in [-0.15, -0.1) is 0 Å². The average molecular weight is 445 g/mol. The Hall–Kier alpha value is -3.55. The molecule has 1 saturated heterocycles. The molecule has 1 fully saturated rings. The number of nitrogens with one attached hydrogen (secondary N) is 1. The van der Waals surface area contributed by atoms with Crippen molar-refractivity contribution in [3.63, 3.8) is 0 Å². The number of rotatable bonds is 4. The highest BCUT2D eigenvalue weighted by Crippen LogP contribution is 2.33. The Morgan fingerprint density at radius 2 is 1.82 bits per heavy atom. The second-order valence-electron chi connectivity index (χ2n) is 8.97. The Morgan fingerprint density at radius 3 is 2.52 bits per heavy atom. The van der Waals surface area contributed by atoms with Crippen LogP contribution in [0, 0.1) is 13.8 Å². The van der Waals surface area contributed by atoms with Crippen molar-refractivity contribution in [2.24, 2.45) is 0 Å². The van der Waals surface area contributed by atoms with Crippen LogP contribution in [0.5, 0.6) is 0 Å². The number of amides is 2. The number of aryl methyl sites for hydroxylation is 2. The Labute approximate surface area is 193 Å². The van der Waals surface area contributed by atoms with Crippen LogP contribution in [0.15, 0.2) is 36.5 Å². The molecule has 0 saturated carbocycles. The van der Waals surface area contributed by atoms with Gasteiger partial charge in [-0.05, 0) is 44.7 Å². The average Bonchev–Trinajstić information content (AvgIpc) is 3.37. The van der Waals surface area contributed by atoms with E-state index in [1.807, 2.05) is 16.7 Å². The van der Waals surface area contributed by atoms with Crippen molar-refractivity contribution in [3.8, 4) is 0 Å². The van der Waals surface area contributed by atoms with E-state index in [4.69, 9.17) is 9.97 Å². The third-order valence-electron chi connectivity index (χ3n) is 6.69. The number of hydrogen-bond acceptors (Lipinski definition) is 5. The summed E-state index contributed by atoms with van der Waals surface area (Å²) in [4.78, 5) is 38.9. The van der Waals surface area contributed by atoms with Crippen molar-refractivity contribution in [1.82, 2.24) is 25.1 Å². The summed E-state index contributed by atoms with van der Waals surface area (Å²) in [5, 5.41) is 6.62. The molecule has 0 radical (unpaired) electrons. The van der Waals surface area contributed by atoms with Crippen LogP contribution < -0.4 is 4.90 Å². The molecule has 170 valence electrons. The summed E-state index contributed by atoms with van der Waals surface area (Å²) in [6.45, 7) is 5.88. The first-order valence-corrected chi connectivity index (χ1v) is 11.5. The molecule has 3 aromatic rings. The minimum atomic E-state index is -0.0247. The summed E-state index contributed by atoms with van der Waals surface area (Å²) < 4.78 is 0. The second-order valence-corrected chi connectivity index (χ2v) is 8.97. The minimum Gasteiger partial charge on any atom is -0.337 e. The van der Waals surface area contributed by atoms with Gasteiger partial charge in [0.25, 0.3) is 5.91 Å². The molecule has 0 bridgehead atoms. The molecule has 4 heterocycles. The van der Waals surface area contributed by atoms with E-state index in [9.17, 15) is 9.59 Å². The molecule has 5 rings (SSSR count). The molecule has 0 atom stereocenters. The predicted octanol–water partition coefficient (Wildman–Crippen LogP) is 3.32. The normalized spacial score (nSPS) is 16.7. The van der Waals surface area contributed by atoms with Crippen LogP contribution in [0.3, 0.4) is 0 Å². The van der Waals surface area contributed by atoms with Crippen molar-refractivity contribution in [2.45, 2.75) is 52.0 Å². The number of benzene rings is 1. The first-order chi connectivity index (χ1) is 16.0. The Kier molecular flexibility index (Phi) is 5.66. The molecule has 2 aliphatic heterocycles. The van der Waals surface area contributed by atoms with Gasteiger partial charge in [-0.1, -0.05) is 29.8 Å². The van der Waals surface area contributed by atoms with E-state index < -0.39 is 0 Å². The van der Waals surface area contributed by atoms with Crippen LogP contribution in [0.1, 0.15) is 63.9 Å². The van der Waals surface area contributed by atoms with E-state index in [2.05, 4.69) is 41.4 Å². The number of aromatic amines is 1. The van der Waals surface area contributed by atoms with Crippen LogP contribution in [-0.4, -0.2) is 50.0 Å². The first-order valence-electron chi connectivity index (χ1n) is 11.5. The zero-order chi connectivity index (χ0) is 22.9. The van der Waals surface area contributed by atoms with Gasteiger partial charge < -0.3 is 4.90 Å². The number of nitrogens with zero attached hydrogens (tertiary/aromatic N) is 5.